The Labute approximate surface area is 163 Å². The number of phenols is 1. The number of hydrogen-bond acceptors (Lipinski definition) is 6. The van der Waals surface area contributed by atoms with Crippen molar-refractivity contribution in [3.63, 3.8) is 0 Å². The molecule has 1 aliphatic rings. The van der Waals surface area contributed by atoms with E-state index in [-0.39, 0.29) is 17.3 Å². The van der Waals surface area contributed by atoms with Crippen molar-refractivity contribution in [1.29, 1.82) is 0 Å². The summed E-state index contributed by atoms with van der Waals surface area (Å²) in [7, 11) is 0. The summed E-state index contributed by atoms with van der Waals surface area (Å²) >= 11 is 7.30. The maximum Gasteiger partial charge on any atom is 0.269 e. The number of amidine groups is 1. The van der Waals surface area contributed by atoms with Crippen LogP contribution >= 0.6 is 23.4 Å². The van der Waals surface area contributed by atoms with Crippen LogP contribution < -0.4 is 5.32 Å². The van der Waals surface area contributed by atoms with Crippen molar-refractivity contribution in [2.45, 2.75) is 0 Å². The van der Waals surface area contributed by atoms with Gasteiger partial charge in [0.05, 0.1) is 15.5 Å². The van der Waals surface area contributed by atoms with Gasteiger partial charge in [0.2, 0.25) is 0 Å². The van der Waals surface area contributed by atoms with Gasteiger partial charge < -0.3 is 10.4 Å². The summed E-state index contributed by atoms with van der Waals surface area (Å²) in [5.74, 6) is -0.259. The number of non-ortho nitro benzene ring substituents is 1. The molecule has 2 aromatic carbocycles. The highest BCUT2D eigenvalue weighted by molar-refractivity contribution is 8.18. The number of rotatable bonds is 4. The van der Waals surface area contributed by atoms with E-state index in [2.05, 4.69) is 10.3 Å². The molecule has 2 aromatic rings. The first kappa shape index (κ1) is 18.7. The SMILES string of the molecule is O=C1NC(=Nc2cccc(O)c2)SC1=C/C(Cl)=C/c1ccc([N+](=O)[O-])cc1. The Morgan fingerprint density at radius 1 is 1.26 bits per heavy atom. The number of nitro groups is 1. The monoisotopic (exact) mass is 401 g/mol. The number of amides is 1. The Kier molecular flexibility index (Phi) is 5.58. The molecule has 0 aromatic heterocycles. The summed E-state index contributed by atoms with van der Waals surface area (Å²) in [5, 5.41) is 23.4. The third-order valence-electron chi connectivity index (χ3n) is 3.39. The molecule has 1 saturated heterocycles. The molecule has 2 N–H and O–H groups in total. The van der Waals surface area contributed by atoms with E-state index < -0.39 is 4.92 Å². The number of benzene rings is 2. The van der Waals surface area contributed by atoms with Gasteiger partial charge in [0.25, 0.3) is 11.6 Å². The van der Waals surface area contributed by atoms with Crippen molar-refractivity contribution in [2.75, 3.05) is 0 Å². The molecule has 1 amide bonds. The number of aliphatic imine (C=N–C) groups is 1. The van der Waals surface area contributed by atoms with Gasteiger partial charge in [-0.15, -0.1) is 0 Å². The zero-order valence-corrected chi connectivity index (χ0v) is 15.2. The highest BCUT2D eigenvalue weighted by Gasteiger charge is 2.24. The molecule has 27 heavy (non-hydrogen) atoms. The molecule has 0 radical (unpaired) electrons. The zero-order valence-electron chi connectivity index (χ0n) is 13.6. The topological polar surface area (TPSA) is 105 Å². The second-order valence-electron chi connectivity index (χ2n) is 5.38. The third kappa shape index (κ3) is 4.96. The number of nitrogens with zero attached hydrogens (tertiary/aromatic N) is 2. The van der Waals surface area contributed by atoms with Crippen LogP contribution in [0, 0.1) is 10.1 Å². The van der Waals surface area contributed by atoms with Crippen LogP contribution in [0.5, 0.6) is 5.75 Å². The van der Waals surface area contributed by atoms with Crippen molar-refractivity contribution in [1.82, 2.24) is 5.32 Å². The lowest BCUT2D eigenvalue weighted by Gasteiger charge is -1.97. The normalized spacial score (nSPS) is 17.4. The van der Waals surface area contributed by atoms with Crippen LogP contribution in [-0.4, -0.2) is 21.1 Å². The number of thioether (sulfide) groups is 1. The average Bonchev–Trinajstić information content (AvgIpc) is 2.94. The molecule has 1 fully saturated rings. The molecule has 0 bridgehead atoms. The molecular formula is C18H12ClN3O4S. The predicted molar refractivity (Wildman–Crippen MR) is 106 cm³/mol. The van der Waals surface area contributed by atoms with Gasteiger partial charge in [-0.1, -0.05) is 17.7 Å². The maximum absolute atomic E-state index is 12.1. The number of nitro benzene ring substituents is 1. The lowest BCUT2D eigenvalue weighted by molar-refractivity contribution is -0.384. The fourth-order valence-electron chi connectivity index (χ4n) is 2.18. The summed E-state index contributed by atoms with van der Waals surface area (Å²) < 4.78 is 0. The number of halogens is 1. The van der Waals surface area contributed by atoms with Gasteiger partial charge in [-0.25, -0.2) is 4.99 Å². The first-order valence-electron chi connectivity index (χ1n) is 7.61. The number of carbonyl (C=O) groups is 1. The molecule has 9 heteroatoms. The minimum Gasteiger partial charge on any atom is -0.508 e. The Morgan fingerprint density at radius 3 is 2.67 bits per heavy atom. The number of carbonyl (C=O) groups excluding carboxylic acids is 1. The van der Waals surface area contributed by atoms with E-state index in [9.17, 15) is 20.0 Å². The number of nitrogens with one attached hydrogen (secondary N) is 1. The van der Waals surface area contributed by atoms with E-state index in [1.165, 1.54) is 30.3 Å². The first-order chi connectivity index (χ1) is 12.9. The number of aromatic hydroxyl groups is 1. The molecular weight excluding hydrogens is 390 g/mol. The van der Waals surface area contributed by atoms with E-state index in [1.807, 2.05) is 0 Å². The van der Waals surface area contributed by atoms with Crippen LogP contribution in [0.1, 0.15) is 5.56 Å². The van der Waals surface area contributed by atoms with Gasteiger partial charge >= 0.3 is 0 Å². The third-order valence-corrected chi connectivity index (χ3v) is 4.52. The quantitative estimate of drug-likeness (QED) is 0.451. The van der Waals surface area contributed by atoms with Crippen molar-refractivity contribution in [3.8, 4) is 5.75 Å². The van der Waals surface area contributed by atoms with Crippen LogP contribution in [0.3, 0.4) is 0 Å². The van der Waals surface area contributed by atoms with E-state index >= 15 is 0 Å². The molecule has 7 nitrogen and oxygen atoms in total. The Hall–Kier alpha value is -3.10. The van der Waals surface area contributed by atoms with Gasteiger partial charge in [0.1, 0.15) is 5.75 Å². The first-order valence-corrected chi connectivity index (χ1v) is 8.80. The Morgan fingerprint density at radius 2 is 2.00 bits per heavy atom. The summed E-state index contributed by atoms with van der Waals surface area (Å²) in [5.41, 5.74) is 1.16. The summed E-state index contributed by atoms with van der Waals surface area (Å²) in [6.45, 7) is 0. The molecule has 0 spiro atoms. The van der Waals surface area contributed by atoms with E-state index in [0.717, 1.165) is 11.8 Å². The van der Waals surface area contributed by atoms with Crippen molar-refractivity contribution in [2.24, 2.45) is 4.99 Å². The van der Waals surface area contributed by atoms with E-state index in [4.69, 9.17) is 11.6 Å². The molecule has 0 saturated carbocycles. The van der Waals surface area contributed by atoms with E-state index in [0.29, 0.717) is 26.4 Å². The Balaban J connectivity index is 1.76. The maximum atomic E-state index is 12.1. The standard InChI is InChI=1S/C18H12ClN3O4S/c19-12(8-11-4-6-14(7-5-11)22(25)26)9-16-17(24)21-18(27-16)20-13-2-1-3-15(23)10-13/h1-10,23H,(H,20,21,24)/b12-8-,16-9?. The van der Waals surface area contributed by atoms with Crippen molar-refractivity contribution >= 4 is 51.9 Å². The molecule has 1 heterocycles. The fourth-order valence-corrected chi connectivity index (χ4v) is 3.31. The lowest BCUT2D eigenvalue weighted by atomic mass is 10.2. The molecule has 1 aliphatic heterocycles. The number of hydrogen-bond donors (Lipinski definition) is 2. The second kappa shape index (κ2) is 8.07. The Bertz CT molecular complexity index is 1000. The highest BCUT2D eigenvalue weighted by Crippen LogP contribution is 2.29. The second-order valence-corrected chi connectivity index (χ2v) is 6.85. The number of allylic oxidation sites excluding steroid dienone is 2. The number of phenolic OH excluding ortho intramolecular Hbond substituents is 1. The van der Waals surface area contributed by atoms with Gasteiger partial charge in [-0.05, 0) is 53.7 Å². The van der Waals surface area contributed by atoms with Gasteiger partial charge in [-0.2, -0.15) is 0 Å². The zero-order chi connectivity index (χ0) is 19.4. The van der Waals surface area contributed by atoms with Crippen molar-refractivity contribution in [3.05, 3.63) is 80.2 Å². The van der Waals surface area contributed by atoms with Crippen LogP contribution in [0.25, 0.3) is 6.08 Å². The summed E-state index contributed by atoms with van der Waals surface area (Å²) in [4.78, 5) is 26.9. The minimum absolute atomic E-state index is 0.0137. The highest BCUT2D eigenvalue weighted by atomic mass is 35.5. The fraction of sp³-hybridized carbons (Fsp3) is 0. The van der Waals surface area contributed by atoms with Crippen LogP contribution in [0.15, 0.2) is 69.5 Å². The molecule has 3 rings (SSSR count). The summed E-state index contributed by atoms with van der Waals surface area (Å²) in [6, 6.07) is 12.2. The van der Waals surface area contributed by atoms with Crippen LogP contribution in [0.2, 0.25) is 0 Å². The predicted octanol–water partition coefficient (Wildman–Crippen LogP) is 4.31. The molecule has 0 aliphatic carbocycles. The molecule has 0 atom stereocenters. The van der Waals surface area contributed by atoms with Gasteiger partial charge in [0.15, 0.2) is 5.17 Å². The lowest BCUT2D eigenvalue weighted by Crippen LogP contribution is -2.19. The van der Waals surface area contributed by atoms with Crippen LogP contribution in [-0.2, 0) is 4.79 Å². The van der Waals surface area contributed by atoms with Crippen LogP contribution in [0.4, 0.5) is 11.4 Å². The molecule has 0 unspecified atom stereocenters. The largest absolute Gasteiger partial charge is 0.508 e. The minimum atomic E-state index is -0.482. The smallest absolute Gasteiger partial charge is 0.269 e. The van der Waals surface area contributed by atoms with Crippen molar-refractivity contribution < 1.29 is 14.8 Å². The van der Waals surface area contributed by atoms with Gasteiger partial charge in [-0.3, -0.25) is 14.9 Å². The average molecular weight is 402 g/mol. The van der Waals surface area contributed by atoms with E-state index in [1.54, 1.807) is 30.3 Å². The summed E-state index contributed by atoms with van der Waals surface area (Å²) in [6.07, 6.45) is 3.09. The molecule has 136 valence electrons. The van der Waals surface area contributed by atoms with Gasteiger partial charge in [0, 0.05) is 23.2 Å².